The van der Waals surface area contributed by atoms with E-state index in [1.807, 2.05) is 6.07 Å². The van der Waals surface area contributed by atoms with Crippen molar-refractivity contribution in [3.63, 3.8) is 0 Å². The van der Waals surface area contributed by atoms with Crippen molar-refractivity contribution in [1.29, 1.82) is 5.26 Å². The first-order valence-corrected chi connectivity index (χ1v) is 5.84. The van der Waals surface area contributed by atoms with E-state index in [0.29, 0.717) is 25.1 Å². The standard InChI is InChI=1S/C14H14N2O2/c15-9-12-3-1-2-11(8-12)4-5-14(18)16-7-6-13(17)10-16/h1-5,8,13,17H,6-7,10H2. The molecule has 18 heavy (non-hydrogen) atoms. The van der Waals surface area contributed by atoms with Gasteiger partial charge in [0.05, 0.1) is 17.7 Å². The summed E-state index contributed by atoms with van der Waals surface area (Å²) in [7, 11) is 0. The van der Waals surface area contributed by atoms with E-state index in [2.05, 4.69) is 6.07 Å². The van der Waals surface area contributed by atoms with Gasteiger partial charge in [-0.05, 0) is 30.2 Å². The third-order valence-electron chi connectivity index (χ3n) is 2.91. The van der Waals surface area contributed by atoms with Crippen molar-refractivity contribution in [2.75, 3.05) is 13.1 Å². The highest BCUT2D eigenvalue weighted by atomic mass is 16.3. The Kier molecular flexibility index (Phi) is 3.75. The molecule has 1 aliphatic heterocycles. The molecule has 1 heterocycles. The number of carbonyl (C=O) groups excluding carboxylic acids is 1. The first kappa shape index (κ1) is 12.3. The van der Waals surface area contributed by atoms with Crippen LogP contribution in [0.2, 0.25) is 0 Å². The summed E-state index contributed by atoms with van der Waals surface area (Å²) in [6.45, 7) is 1.00. The lowest BCUT2D eigenvalue weighted by Gasteiger charge is -2.12. The fourth-order valence-electron chi connectivity index (χ4n) is 1.93. The summed E-state index contributed by atoms with van der Waals surface area (Å²) in [6, 6.07) is 9.11. The number of amides is 1. The molecule has 0 aliphatic carbocycles. The van der Waals surface area contributed by atoms with Gasteiger partial charge in [0, 0.05) is 19.2 Å². The number of benzene rings is 1. The summed E-state index contributed by atoms with van der Waals surface area (Å²) in [5.74, 6) is -0.103. The molecule has 1 amide bonds. The SMILES string of the molecule is N#Cc1cccc(C=CC(=O)N2CCC(O)C2)c1. The molecule has 1 aliphatic rings. The topological polar surface area (TPSA) is 64.3 Å². The summed E-state index contributed by atoms with van der Waals surface area (Å²) in [6.07, 6.45) is 3.41. The Morgan fingerprint density at radius 2 is 2.39 bits per heavy atom. The summed E-state index contributed by atoms with van der Waals surface area (Å²) in [5.41, 5.74) is 1.39. The minimum atomic E-state index is -0.399. The lowest BCUT2D eigenvalue weighted by atomic mass is 10.1. The lowest BCUT2D eigenvalue weighted by molar-refractivity contribution is -0.125. The Morgan fingerprint density at radius 1 is 1.56 bits per heavy atom. The summed E-state index contributed by atoms with van der Waals surface area (Å²) < 4.78 is 0. The van der Waals surface area contributed by atoms with Crippen molar-refractivity contribution < 1.29 is 9.90 Å². The molecule has 2 rings (SSSR count). The van der Waals surface area contributed by atoms with Crippen LogP contribution in [0, 0.1) is 11.3 Å². The minimum Gasteiger partial charge on any atom is -0.391 e. The van der Waals surface area contributed by atoms with Crippen LogP contribution in [-0.2, 0) is 4.79 Å². The highest BCUT2D eigenvalue weighted by Crippen LogP contribution is 2.11. The largest absolute Gasteiger partial charge is 0.391 e. The predicted molar refractivity (Wildman–Crippen MR) is 67.4 cm³/mol. The van der Waals surface area contributed by atoms with Crippen LogP contribution in [0.1, 0.15) is 17.5 Å². The van der Waals surface area contributed by atoms with Crippen LogP contribution in [0.5, 0.6) is 0 Å². The highest BCUT2D eigenvalue weighted by molar-refractivity contribution is 5.92. The molecule has 0 bridgehead atoms. The van der Waals surface area contributed by atoms with E-state index >= 15 is 0 Å². The number of aliphatic hydroxyl groups is 1. The van der Waals surface area contributed by atoms with E-state index in [1.165, 1.54) is 6.08 Å². The van der Waals surface area contributed by atoms with Gasteiger partial charge in [-0.25, -0.2) is 0 Å². The quantitative estimate of drug-likeness (QED) is 0.792. The van der Waals surface area contributed by atoms with E-state index in [4.69, 9.17) is 5.26 Å². The lowest BCUT2D eigenvalue weighted by Crippen LogP contribution is -2.27. The van der Waals surface area contributed by atoms with Gasteiger partial charge in [-0.3, -0.25) is 4.79 Å². The molecule has 92 valence electrons. The monoisotopic (exact) mass is 242 g/mol. The van der Waals surface area contributed by atoms with E-state index in [1.54, 1.807) is 29.2 Å². The van der Waals surface area contributed by atoms with Crippen LogP contribution in [0.4, 0.5) is 0 Å². The van der Waals surface area contributed by atoms with Gasteiger partial charge in [0.1, 0.15) is 0 Å². The van der Waals surface area contributed by atoms with Crippen LogP contribution < -0.4 is 0 Å². The first-order valence-electron chi connectivity index (χ1n) is 5.84. The van der Waals surface area contributed by atoms with Crippen molar-refractivity contribution >= 4 is 12.0 Å². The Hall–Kier alpha value is -2.12. The molecule has 1 N–H and O–H groups in total. The molecular weight excluding hydrogens is 228 g/mol. The maximum absolute atomic E-state index is 11.8. The molecule has 1 saturated heterocycles. The van der Waals surface area contributed by atoms with E-state index in [9.17, 15) is 9.90 Å². The average molecular weight is 242 g/mol. The number of β-amino-alcohol motifs (C(OH)–C–C–N with tert-alkyl or cyclic N) is 1. The maximum atomic E-state index is 11.8. The number of nitrogens with zero attached hydrogens (tertiary/aromatic N) is 2. The summed E-state index contributed by atoms with van der Waals surface area (Å²) >= 11 is 0. The zero-order valence-electron chi connectivity index (χ0n) is 9.91. The van der Waals surface area contributed by atoms with Gasteiger partial charge < -0.3 is 10.0 Å². The van der Waals surface area contributed by atoms with E-state index in [-0.39, 0.29) is 5.91 Å². The van der Waals surface area contributed by atoms with Crippen molar-refractivity contribution in [3.8, 4) is 6.07 Å². The minimum absolute atomic E-state index is 0.103. The van der Waals surface area contributed by atoms with Crippen LogP contribution in [0.15, 0.2) is 30.3 Å². The molecule has 0 aromatic heterocycles. The fraction of sp³-hybridized carbons (Fsp3) is 0.286. The molecule has 1 unspecified atom stereocenters. The number of rotatable bonds is 2. The molecule has 4 nitrogen and oxygen atoms in total. The molecule has 1 atom stereocenters. The van der Waals surface area contributed by atoms with Gasteiger partial charge in [-0.2, -0.15) is 5.26 Å². The Bertz CT molecular complexity index is 517. The second-order valence-electron chi connectivity index (χ2n) is 4.30. The van der Waals surface area contributed by atoms with Crippen molar-refractivity contribution in [3.05, 3.63) is 41.5 Å². The van der Waals surface area contributed by atoms with Crippen LogP contribution in [-0.4, -0.2) is 35.1 Å². The molecular formula is C14H14N2O2. The third kappa shape index (κ3) is 2.96. The molecule has 1 aromatic carbocycles. The van der Waals surface area contributed by atoms with Crippen LogP contribution in [0.3, 0.4) is 0 Å². The summed E-state index contributed by atoms with van der Waals surface area (Å²) in [5, 5.41) is 18.1. The second-order valence-corrected chi connectivity index (χ2v) is 4.30. The predicted octanol–water partition coefficient (Wildman–Crippen LogP) is 1.16. The average Bonchev–Trinajstić information content (AvgIpc) is 2.83. The number of hydrogen-bond acceptors (Lipinski definition) is 3. The number of nitriles is 1. The van der Waals surface area contributed by atoms with Crippen molar-refractivity contribution in [2.45, 2.75) is 12.5 Å². The molecule has 1 fully saturated rings. The highest BCUT2D eigenvalue weighted by Gasteiger charge is 2.22. The van der Waals surface area contributed by atoms with Gasteiger partial charge in [-0.15, -0.1) is 0 Å². The number of carbonyl (C=O) groups is 1. The number of hydrogen-bond donors (Lipinski definition) is 1. The van der Waals surface area contributed by atoms with Gasteiger partial charge in [0.15, 0.2) is 0 Å². The number of likely N-dealkylation sites (tertiary alicyclic amines) is 1. The van der Waals surface area contributed by atoms with E-state index < -0.39 is 6.10 Å². The maximum Gasteiger partial charge on any atom is 0.246 e. The molecule has 0 saturated carbocycles. The fourth-order valence-corrected chi connectivity index (χ4v) is 1.93. The zero-order chi connectivity index (χ0) is 13.0. The van der Waals surface area contributed by atoms with E-state index in [0.717, 1.165) is 5.56 Å². The molecule has 0 radical (unpaired) electrons. The van der Waals surface area contributed by atoms with Gasteiger partial charge >= 0.3 is 0 Å². The van der Waals surface area contributed by atoms with Crippen molar-refractivity contribution in [1.82, 2.24) is 4.90 Å². The summed E-state index contributed by atoms with van der Waals surface area (Å²) in [4.78, 5) is 13.4. The first-order chi connectivity index (χ1) is 8.69. The third-order valence-corrected chi connectivity index (χ3v) is 2.91. The smallest absolute Gasteiger partial charge is 0.246 e. The van der Waals surface area contributed by atoms with Crippen LogP contribution in [0.25, 0.3) is 6.08 Å². The molecule has 4 heteroatoms. The molecule has 0 spiro atoms. The Morgan fingerprint density at radius 3 is 3.06 bits per heavy atom. The Labute approximate surface area is 106 Å². The van der Waals surface area contributed by atoms with Gasteiger partial charge in [-0.1, -0.05) is 12.1 Å². The van der Waals surface area contributed by atoms with Crippen molar-refractivity contribution in [2.24, 2.45) is 0 Å². The van der Waals surface area contributed by atoms with Gasteiger partial charge in [0.2, 0.25) is 5.91 Å². The Balaban J connectivity index is 2.02. The zero-order valence-corrected chi connectivity index (χ0v) is 9.91. The number of aliphatic hydroxyl groups excluding tert-OH is 1. The second kappa shape index (κ2) is 5.48. The normalized spacial score (nSPS) is 19.1. The molecule has 1 aromatic rings. The van der Waals surface area contributed by atoms with Gasteiger partial charge in [0.25, 0.3) is 0 Å². The van der Waals surface area contributed by atoms with Crippen LogP contribution >= 0.6 is 0 Å².